The number of amides is 2. The minimum Gasteiger partial charge on any atom is -0.492 e. The Labute approximate surface area is 167 Å². The van der Waals surface area contributed by atoms with Gasteiger partial charge in [-0.05, 0) is 58.7 Å². The predicted octanol–water partition coefficient (Wildman–Crippen LogP) is 4.52. The zero-order chi connectivity index (χ0) is 19.1. The Morgan fingerprint density at radius 3 is 2.62 bits per heavy atom. The van der Waals surface area contributed by atoms with Crippen LogP contribution in [0.25, 0.3) is 0 Å². The van der Waals surface area contributed by atoms with Crippen molar-refractivity contribution in [2.24, 2.45) is 0 Å². The minimum absolute atomic E-state index is 0.0750. The first-order chi connectivity index (χ1) is 12.4. The molecule has 0 bridgehead atoms. The lowest BCUT2D eigenvalue weighted by atomic mass is 10.2. The molecule has 2 aromatic carbocycles. The molecule has 138 valence electrons. The van der Waals surface area contributed by atoms with Gasteiger partial charge >= 0.3 is 0 Å². The molecule has 9 heteroatoms. The van der Waals surface area contributed by atoms with Crippen LogP contribution < -0.4 is 15.6 Å². The van der Waals surface area contributed by atoms with E-state index in [-0.39, 0.29) is 18.6 Å². The van der Waals surface area contributed by atoms with Gasteiger partial charge in [-0.15, -0.1) is 0 Å². The van der Waals surface area contributed by atoms with Crippen LogP contribution in [0.5, 0.6) is 5.75 Å². The SMILES string of the molecule is O=C(CCCOc1ccc(Cl)cc1Cl)NNC(=O)c1cc(F)ccc1Br. The fourth-order valence-electron chi connectivity index (χ4n) is 1.93. The van der Waals surface area contributed by atoms with E-state index < -0.39 is 17.6 Å². The standard InChI is InChI=1S/C17H14BrCl2FN2O3/c18-13-5-4-11(21)9-12(13)17(25)23-22-16(24)2-1-7-26-15-6-3-10(19)8-14(15)20/h3-6,8-9H,1-2,7H2,(H,22,24)(H,23,25). The summed E-state index contributed by atoms with van der Waals surface area (Å²) in [5.74, 6) is -1.12. The van der Waals surface area contributed by atoms with E-state index in [1.54, 1.807) is 18.2 Å². The van der Waals surface area contributed by atoms with E-state index in [0.29, 0.717) is 26.7 Å². The van der Waals surface area contributed by atoms with Crippen molar-refractivity contribution < 1.29 is 18.7 Å². The highest BCUT2D eigenvalue weighted by Gasteiger charge is 2.12. The van der Waals surface area contributed by atoms with Crippen LogP contribution >= 0.6 is 39.1 Å². The summed E-state index contributed by atoms with van der Waals surface area (Å²) in [6.45, 7) is 0.262. The summed E-state index contributed by atoms with van der Waals surface area (Å²) in [5.41, 5.74) is 4.57. The van der Waals surface area contributed by atoms with Crippen molar-refractivity contribution in [1.82, 2.24) is 10.9 Å². The van der Waals surface area contributed by atoms with Gasteiger partial charge in [0.1, 0.15) is 11.6 Å². The molecule has 0 atom stereocenters. The number of hydrogen-bond donors (Lipinski definition) is 2. The Hall–Kier alpha value is -1.83. The highest BCUT2D eigenvalue weighted by molar-refractivity contribution is 9.10. The number of ether oxygens (including phenoxy) is 1. The summed E-state index contributed by atoms with van der Waals surface area (Å²) in [6.07, 6.45) is 0.528. The zero-order valence-electron chi connectivity index (χ0n) is 13.3. The van der Waals surface area contributed by atoms with E-state index in [4.69, 9.17) is 27.9 Å². The number of nitrogens with one attached hydrogen (secondary N) is 2. The van der Waals surface area contributed by atoms with Crippen molar-refractivity contribution in [1.29, 1.82) is 0 Å². The second-order valence-electron chi connectivity index (χ2n) is 5.15. The van der Waals surface area contributed by atoms with E-state index >= 15 is 0 Å². The fourth-order valence-corrected chi connectivity index (χ4v) is 2.82. The number of hydrogen-bond acceptors (Lipinski definition) is 3. The van der Waals surface area contributed by atoms with Crippen LogP contribution in [-0.2, 0) is 4.79 Å². The molecule has 2 N–H and O–H groups in total. The minimum atomic E-state index is -0.631. The second kappa shape index (κ2) is 9.75. The van der Waals surface area contributed by atoms with Crippen LogP contribution in [0.15, 0.2) is 40.9 Å². The van der Waals surface area contributed by atoms with E-state index in [1.165, 1.54) is 12.1 Å². The molecule has 2 aromatic rings. The molecule has 0 fully saturated rings. The molecule has 0 spiro atoms. The Kier molecular flexibility index (Phi) is 7.68. The van der Waals surface area contributed by atoms with Gasteiger partial charge in [0.05, 0.1) is 17.2 Å². The van der Waals surface area contributed by atoms with Crippen molar-refractivity contribution in [3.05, 3.63) is 62.3 Å². The van der Waals surface area contributed by atoms with Crippen LogP contribution in [0.3, 0.4) is 0 Å². The maximum absolute atomic E-state index is 13.2. The van der Waals surface area contributed by atoms with Crippen LogP contribution in [0.4, 0.5) is 4.39 Å². The lowest BCUT2D eigenvalue weighted by Gasteiger charge is -2.10. The largest absolute Gasteiger partial charge is 0.492 e. The van der Waals surface area contributed by atoms with Crippen molar-refractivity contribution in [3.63, 3.8) is 0 Å². The topological polar surface area (TPSA) is 67.4 Å². The van der Waals surface area contributed by atoms with Gasteiger partial charge in [-0.2, -0.15) is 0 Å². The molecule has 0 radical (unpaired) electrons. The summed E-state index contributed by atoms with van der Waals surface area (Å²) in [6, 6.07) is 8.54. The summed E-state index contributed by atoms with van der Waals surface area (Å²) < 4.78 is 19.1. The van der Waals surface area contributed by atoms with Gasteiger partial charge in [-0.25, -0.2) is 4.39 Å². The maximum Gasteiger partial charge on any atom is 0.270 e. The lowest BCUT2D eigenvalue weighted by molar-refractivity contribution is -0.122. The summed E-state index contributed by atoms with van der Waals surface area (Å²) in [5, 5.41) is 0.886. The third-order valence-corrected chi connectivity index (χ3v) is 4.41. The summed E-state index contributed by atoms with van der Waals surface area (Å²) in [7, 11) is 0. The van der Waals surface area contributed by atoms with E-state index in [1.807, 2.05) is 0 Å². The van der Waals surface area contributed by atoms with Crippen LogP contribution in [-0.4, -0.2) is 18.4 Å². The number of halogens is 4. The summed E-state index contributed by atoms with van der Waals surface area (Å²) >= 11 is 14.9. The number of benzene rings is 2. The maximum atomic E-state index is 13.2. The Balaban J connectivity index is 1.72. The smallest absolute Gasteiger partial charge is 0.270 e. The Morgan fingerprint density at radius 1 is 1.12 bits per heavy atom. The first kappa shape index (κ1) is 20.5. The first-order valence-electron chi connectivity index (χ1n) is 7.49. The molecule has 0 heterocycles. The molecule has 0 unspecified atom stereocenters. The zero-order valence-corrected chi connectivity index (χ0v) is 16.4. The van der Waals surface area contributed by atoms with Gasteiger partial charge in [0.15, 0.2) is 0 Å². The highest BCUT2D eigenvalue weighted by Crippen LogP contribution is 2.27. The molecule has 26 heavy (non-hydrogen) atoms. The third kappa shape index (κ3) is 6.16. The molecular weight excluding hydrogens is 450 g/mol. The molecule has 0 aliphatic rings. The Bertz CT molecular complexity index is 821. The number of carbonyl (C=O) groups excluding carboxylic acids is 2. The first-order valence-corrected chi connectivity index (χ1v) is 9.04. The number of carbonyl (C=O) groups is 2. The van der Waals surface area contributed by atoms with Crippen LogP contribution in [0, 0.1) is 5.82 Å². The monoisotopic (exact) mass is 462 g/mol. The second-order valence-corrected chi connectivity index (χ2v) is 6.85. The normalized spacial score (nSPS) is 10.3. The van der Waals surface area contributed by atoms with E-state index in [2.05, 4.69) is 26.8 Å². The molecule has 0 aliphatic carbocycles. The van der Waals surface area contributed by atoms with Crippen LogP contribution in [0.1, 0.15) is 23.2 Å². The van der Waals surface area contributed by atoms with Gasteiger partial charge in [-0.1, -0.05) is 23.2 Å². The highest BCUT2D eigenvalue weighted by atomic mass is 79.9. The van der Waals surface area contributed by atoms with Crippen molar-refractivity contribution in [3.8, 4) is 5.75 Å². The molecule has 2 amide bonds. The van der Waals surface area contributed by atoms with Crippen molar-refractivity contribution in [2.75, 3.05) is 6.61 Å². The molecule has 0 saturated heterocycles. The van der Waals surface area contributed by atoms with Crippen molar-refractivity contribution in [2.45, 2.75) is 12.8 Å². The van der Waals surface area contributed by atoms with Gasteiger partial charge in [0, 0.05) is 15.9 Å². The van der Waals surface area contributed by atoms with Crippen LogP contribution in [0.2, 0.25) is 10.0 Å². The van der Waals surface area contributed by atoms with E-state index in [0.717, 1.165) is 6.07 Å². The molecule has 0 aliphatic heterocycles. The average Bonchev–Trinajstić information content (AvgIpc) is 2.60. The number of hydrazine groups is 1. The van der Waals surface area contributed by atoms with Gasteiger partial charge in [0.25, 0.3) is 5.91 Å². The molecular formula is C17H14BrCl2FN2O3. The van der Waals surface area contributed by atoms with Gasteiger partial charge in [0.2, 0.25) is 5.91 Å². The predicted molar refractivity (Wildman–Crippen MR) is 101 cm³/mol. The fraction of sp³-hybridized carbons (Fsp3) is 0.176. The van der Waals surface area contributed by atoms with Gasteiger partial charge in [-0.3, -0.25) is 20.4 Å². The lowest BCUT2D eigenvalue weighted by Crippen LogP contribution is -2.41. The molecule has 0 saturated carbocycles. The molecule has 5 nitrogen and oxygen atoms in total. The third-order valence-electron chi connectivity index (χ3n) is 3.19. The average molecular weight is 464 g/mol. The van der Waals surface area contributed by atoms with E-state index in [9.17, 15) is 14.0 Å². The quantitative estimate of drug-likeness (QED) is 0.489. The summed E-state index contributed by atoms with van der Waals surface area (Å²) in [4.78, 5) is 23.7. The molecule has 2 rings (SSSR count). The van der Waals surface area contributed by atoms with Gasteiger partial charge < -0.3 is 4.74 Å². The number of rotatable bonds is 6. The Morgan fingerprint density at radius 2 is 1.88 bits per heavy atom. The molecule has 0 aromatic heterocycles. The van der Waals surface area contributed by atoms with Crippen molar-refractivity contribution >= 4 is 50.9 Å².